The van der Waals surface area contributed by atoms with Gasteiger partial charge >= 0.3 is 0 Å². The first-order valence-electron chi connectivity index (χ1n) is 7.99. The molecule has 2 aromatic heterocycles. The summed E-state index contributed by atoms with van der Waals surface area (Å²) in [6, 6.07) is 15.2. The van der Waals surface area contributed by atoms with Crippen LogP contribution < -0.4 is 4.72 Å². The highest BCUT2D eigenvalue weighted by Gasteiger charge is 2.18. The van der Waals surface area contributed by atoms with Crippen molar-refractivity contribution >= 4 is 33.0 Å². The van der Waals surface area contributed by atoms with Crippen LogP contribution in [0, 0.1) is 6.92 Å². The fourth-order valence-corrected chi connectivity index (χ4v) is 4.12. The minimum absolute atomic E-state index is 0.181. The van der Waals surface area contributed by atoms with Crippen molar-refractivity contribution in [1.29, 1.82) is 0 Å². The molecule has 4 aromatic rings. The number of anilines is 1. The Morgan fingerprint density at radius 1 is 1.04 bits per heavy atom. The first-order valence-corrected chi connectivity index (χ1v) is 9.85. The zero-order chi connectivity index (χ0) is 19.0. The Balaban J connectivity index is 1.74. The summed E-state index contributed by atoms with van der Waals surface area (Å²) in [5.41, 5.74) is 2.97. The molecule has 0 spiro atoms. The number of rotatable bonds is 4. The Hall–Kier alpha value is -2.97. The number of hydrogen-bond acceptors (Lipinski definition) is 5. The van der Waals surface area contributed by atoms with Gasteiger partial charge in [-0.2, -0.15) is 9.61 Å². The van der Waals surface area contributed by atoms with Gasteiger partial charge in [0.2, 0.25) is 0 Å². The normalized spacial score (nSPS) is 11.6. The Kier molecular flexibility index (Phi) is 4.29. The molecule has 0 aliphatic rings. The van der Waals surface area contributed by atoms with Crippen LogP contribution in [0.15, 0.2) is 65.8 Å². The SMILES string of the molecule is Cc1ccc(-c2ccc3nncn3n2)cc1S(=O)(=O)Nc1ccc(Cl)cc1. The zero-order valence-corrected chi connectivity index (χ0v) is 15.7. The van der Waals surface area contributed by atoms with Gasteiger partial charge in [-0.1, -0.05) is 23.7 Å². The molecule has 0 aliphatic carbocycles. The van der Waals surface area contributed by atoms with Crippen molar-refractivity contribution in [2.45, 2.75) is 11.8 Å². The molecule has 9 heteroatoms. The quantitative estimate of drug-likeness (QED) is 0.566. The first kappa shape index (κ1) is 17.4. The molecular formula is C18H14ClN5O2S. The van der Waals surface area contributed by atoms with E-state index in [1.165, 1.54) is 10.8 Å². The molecule has 0 radical (unpaired) electrons. The summed E-state index contributed by atoms with van der Waals surface area (Å²) in [5.74, 6) is 0. The summed E-state index contributed by atoms with van der Waals surface area (Å²) in [6.45, 7) is 1.75. The van der Waals surface area contributed by atoms with Crippen molar-refractivity contribution in [2.75, 3.05) is 4.72 Å². The molecule has 2 aromatic carbocycles. The molecule has 0 bridgehead atoms. The van der Waals surface area contributed by atoms with Gasteiger partial charge < -0.3 is 0 Å². The second-order valence-corrected chi connectivity index (χ2v) is 8.03. The summed E-state index contributed by atoms with van der Waals surface area (Å²) in [5, 5.41) is 12.7. The van der Waals surface area contributed by atoms with Crippen molar-refractivity contribution in [1.82, 2.24) is 19.8 Å². The topological polar surface area (TPSA) is 89.2 Å². The Morgan fingerprint density at radius 2 is 1.81 bits per heavy atom. The largest absolute Gasteiger partial charge is 0.280 e. The van der Waals surface area contributed by atoms with Crippen LogP contribution in [0.25, 0.3) is 16.9 Å². The minimum Gasteiger partial charge on any atom is -0.280 e. The van der Waals surface area contributed by atoms with Crippen LogP contribution in [0.4, 0.5) is 5.69 Å². The number of aromatic nitrogens is 4. The van der Waals surface area contributed by atoms with Gasteiger partial charge in [-0.25, -0.2) is 8.42 Å². The average molecular weight is 400 g/mol. The number of halogens is 1. The molecule has 0 fully saturated rings. The molecule has 0 saturated carbocycles. The minimum atomic E-state index is -3.77. The molecule has 2 heterocycles. The van der Waals surface area contributed by atoms with Gasteiger partial charge in [-0.3, -0.25) is 4.72 Å². The number of aryl methyl sites for hydroxylation is 1. The Labute approximate surface area is 160 Å². The van der Waals surface area contributed by atoms with E-state index in [4.69, 9.17) is 11.6 Å². The number of fused-ring (bicyclic) bond motifs is 1. The molecular weight excluding hydrogens is 386 g/mol. The predicted octanol–water partition coefficient (Wildman–Crippen LogP) is 3.55. The zero-order valence-electron chi connectivity index (χ0n) is 14.2. The lowest BCUT2D eigenvalue weighted by Gasteiger charge is -2.12. The third-order valence-electron chi connectivity index (χ3n) is 4.03. The van der Waals surface area contributed by atoms with Crippen molar-refractivity contribution in [3.63, 3.8) is 0 Å². The summed E-state index contributed by atoms with van der Waals surface area (Å²) in [4.78, 5) is 0.181. The van der Waals surface area contributed by atoms with E-state index < -0.39 is 10.0 Å². The maximum atomic E-state index is 12.9. The second-order valence-electron chi connectivity index (χ2n) is 5.94. The van der Waals surface area contributed by atoms with Crippen LogP contribution in [0.1, 0.15) is 5.56 Å². The van der Waals surface area contributed by atoms with Gasteiger partial charge in [0.25, 0.3) is 10.0 Å². The van der Waals surface area contributed by atoms with E-state index in [0.29, 0.717) is 33.2 Å². The van der Waals surface area contributed by atoms with Gasteiger partial charge in [0.15, 0.2) is 5.65 Å². The van der Waals surface area contributed by atoms with Crippen molar-refractivity contribution in [2.24, 2.45) is 0 Å². The lowest BCUT2D eigenvalue weighted by Crippen LogP contribution is -2.14. The van der Waals surface area contributed by atoms with Gasteiger partial charge in [-0.05, 0) is 55.0 Å². The Morgan fingerprint density at radius 3 is 2.59 bits per heavy atom. The van der Waals surface area contributed by atoms with E-state index >= 15 is 0 Å². The highest BCUT2D eigenvalue weighted by Crippen LogP contribution is 2.26. The molecule has 0 unspecified atom stereocenters. The van der Waals surface area contributed by atoms with E-state index in [-0.39, 0.29) is 4.90 Å². The Bertz CT molecular complexity index is 1240. The predicted molar refractivity (Wildman–Crippen MR) is 103 cm³/mol. The van der Waals surface area contributed by atoms with E-state index in [1.54, 1.807) is 55.5 Å². The summed E-state index contributed by atoms with van der Waals surface area (Å²) in [7, 11) is -3.77. The fourth-order valence-electron chi connectivity index (χ4n) is 2.66. The molecule has 27 heavy (non-hydrogen) atoms. The van der Waals surface area contributed by atoms with Crippen molar-refractivity contribution in [3.8, 4) is 11.3 Å². The fraction of sp³-hybridized carbons (Fsp3) is 0.0556. The highest BCUT2D eigenvalue weighted by atomic mass is 35.5. The maximum absolute atomic E-state index is 12.9. The molecule has 0 amide bonds. The molecule has 136 valence electrons. The molecule has 0 atom stereocenters. The number of nitrogens with zero attached hydrogens (tertiary/aromatic N) is 4. The van der Waals surface area contributed by atoms with E-state index in [1.807, 2.05) is 6.07 Å². The summed E-state index contributed by atoms with van der Waals surface area (Å²) >= 11 is 5.85. The van der Waals surface area contributed by atoms with Crippen molar-refractivity contribution < 1.29 is 8.42 Å². The van der Waals surface area contributed by atoms with Gasteiger partial charge in [0.05, 0.1) is 10.6 Å². The van der Waals surface area contributed by atoms with Gasteiger partial charge in [0.1, 0.15) is 6.33 Å². The lowest BCUT2D eigenvalue weighted by atomic mass is 10.1. The molecule has 0 saturated heterocycles. The third kappa shape index (κ3) is 3.49. The first-order chi connectivity index (χ1) is 12.9. The van der Waals surface area contributed by atoms with Crippen LogP contribution in [0.2, 0.25) is 5.02 Å². The molecule has 4 rings (SSSR count). The van der Waals surface area contributed by atoms with Crippen LogP contribution in [0.5, 0.6) is 0 Å². The van der Waals surface area contributed by atoms with E-state index in [2.05, 4.69) is 20.0 Å². The molecule has 1 N–H and O–H groups in total. The van der Waals surface area contributed by atoms with Crippen LogP contribution in [-0.2, 0) is 10.0 Å². The number of nitrogens with one attached hydrogen (secondary N) is 1. The lowest BCUT2D eigenvalue weighted by molar-refractivity contribution is 0.600. The standard InChI is InChI=1S/C18H14ClN5O2S/c1-12-2-3-13(16-8-9-18-21-20-11-24(18)22-16)10-17(12)27(25,26)23-15-6-4-14(19)5-7-15/h2-11,23H,1H3. The number of hydrogen-bond donors (Lipinski definition) is 1. The van der Waals surface area contributed by atoms with Crippen molar-refractivity contribution in [3.05, 3.63) is 71.5 Å². The molecule has 0 aliphatic heterocycles. The summed E-state index contributed by atoms with van der Waals surface area (Å²) < 4.78 is 29.9. The highest BCUT2D eigenvalue weighted by molar-refractivity contribution is 7.92. The van der Waals surface area contributed by atoms with Gasteiger partial charge in [-0.15, -0.1) is 10.2 Å². The second kappa shape index (κ2) is 6.64. The smallest absolute Gasteiger partial charge is 0.262 e. The monoisotopic (exact) mass is 399 g/mol. The van der Waals surface area contributed by atoms with Crippen LogP contribution in [0.3, 0.4) is 0 Å². The average Bonchev–Trinajstić information content (AvgIpc) is 3.11. The van der Waals surface area contributed by atoms with E-state index in [0.717, 1.165) is 0 Å². The number of benzene rings is 2. The summed E-state index contributed by atoms with van der Waals surface area (Å²) in [6.07, 6.45) is 1.49. The maximum Gasteiger partial charge on any atom is 0.262 e. The van der Waals surface area contributed by atoms with Crippen LogP contribution in [-0.4, -0.2) is 28.2 Å². The molecule has 7 nitrogen and oxygen atoms in total. The van der Waals surface area contributed by atoms with Crippen LogP contribution >= 0.6 is 11.6 Å². The third-order valence-corrected chi connectivity index (χ3v) is 5.81. The van der Waals surface area contributed by atoms with E-state index in [9.17, 15) is 8.42 Å². The number of sulfonamides is 1. The van der Waals surface area contributed by atoms with Gasteiger partial charge in [0, 0.05) is 16.3 Å².